The van der Waals surface area contributed by atoms with E-state index in [1.54, 1.807) is 11.0 Å². The second-order valence-electron chi connectivity index (χ2n) is 6.29. The van der Waals surface area contributed by atoms with Gasteiger partial charge in [-0.05, 0) is 41.3 Å². The van der Waals surface area contributed by atoms with E-state index in [0.717, 1.165) is 11.3 Å². The van der Waals surface area contributed by atoms with Crippen LogP contribution in [0, 0.1) is 5.82 Å². The Morgan fingerprint density at radius 2 is 1.96 bits per heavy atom. The fraction of sp³-hybridized carbons (Fsp3) is 0.316. The summed E-state index contributed by atoms with van der Waals surface area (Å²) >= 11 is 0. The van der Waals surface area contributed by atoms with Crippen molar-refractivity contribution in [1.82, 2.24) is 0 Å². The summed E-state index contributed by atoms with van der Waals surface area (Å²) in [5.41, 5.74) is 9.39. The molecule has 0 bridgehead atoms. The molecule has 0 radical (unpaired) electrons. The van der Waals surface area contributed by atoms with Gasteiger partial charge in [-0.2, -0.15) is 0 Å². The fourth-order valence-corrected chi connectivity index (χ4v) is 2.35. The fourth-order valence-electron chi connectivity index (χ4n) is 2.35. The molecule has 128 valence electrons. The Labute approximate surface area is 143 Å². The normalized spacial score (nSPS) is 11.7. The number of hydrogen-bond acceptors (Lipinski definition) is 2. The van der Waals surface area contributed by atoms with Crippen LogP contribution in [0.3, 0.4) is 0 Å². The number of nitrogens with two attached hydrogens (primary N) is 1. The highest BCUT2D eigenvalue weighted by Crippen LogP contribution is 2.19. The lowest BCUT2D eigenvalue weighted by atomic mass is 10.0. The zero-order valence-corrected chi connectivity index (χ0v) is 14.7. The van der Waals surface area contributed by atoms with E-state index in [-0.39, 0.29) is 5.82 Å². The molecule has 3 N–H and O–H groups in total. The maximum atomic E-state index is 14.0. The first-order chi connectivity index (χ1) is 11.4. The Balaban J connectivity index is 2.04. The molecule has 0 saturated carbocycles. The first kappa shape index (κ1) is 17.8. The summed E-state index contributed by atoms with van der Waals surface area (Å²) in [7, 11) is 3.62. The lowest BCUT2D eigenvalue weighted by Crippen LogP contribution is -2.22. The van der Waals surface area contributed by atoms with Crippen LogP contribution in [-0.2, 0) is 6.54 Å². The van der Waals surface area contributed by atoms with Crippen molar-refractivity contribution in [3.8, 4) is 0 Å². The number of aliphatic imine (C=N–C) groups is 1. The molecule has 0 saturated heterocycles. The Bertz CT molecular complexity index is 723. The summed E-state index contributed by atoms with van der Waals surface area (Å²) < 4.78 is 14.0. The second-order valence-corrected chi connectivity index (χ2v) is 6.29. The Hall–Kier alpha value is -2.56. The Morgan fingerprint density at radius 1 is 1.21 bits per heavy atom. The van der Waals surface area contributed by atoms with Crippen molar-refractivity contribution >= 4 is 17.3 Å². The number of guanidine groups is 1. The molecule has 0 aliphatic heterocycles. The van der Waals surface area contributed by atoms with E-state index in [1.165, 1.54) is 11.6 Å². The van der Waals surface area contributed by atoms with Gasteiger partial charge in [0.15, 0.2) is 5.96 Å². The topological polar surface area (TPSA) is 53.6 Å². The molecule has 2 rings (SSSR count). The number of halogens is 1. The molecular formula is C19H25FN4. The summed E-state index contributed by atoms with van der Waals surface area (Å²) in [6.07, 6.45) is 0. The van der Waals surface area contributed by atoms with Crippen LogP contribution < -0.4 is 16.0 Å². The number of hydrogen-bond donors (Lipinski definition) is 2. The molecule has 2 aromatic carbocycles. The summed E-state index contributed by atoms with van der Waals surface area (Å²) in [5.74, 6) is 0.500. The number of nitrogens with one attached hydrogen (secondary N) is 1. The van der Waals surface area contributed by atoms with Gasteiger partial charge in [0.2, 0.25) is 0 Å². The summed E-state index contributed by atoms with van der Waals surface area (Å²) in [6.45, 7) is 4.61. The van der Waals surface area contributed by atoms with Gasteiger partial charge in [0, 0.05) is 19.8 Å². The second kappa shape index (κ2) is 7.81. The van der Waals surface area contributed by atoms with Gasteiger partial charge in [0.05, 0.1) is 12.2 Å². The molecule has 0 aliphatic rings. The smallest absolute Gasteiger partial charge is 0.193 e. The van der Waals surface area contributed by atoms with E-state index < -0.39 is 0 Å². The highest BCUT2D eigenvalue weighted by molar-refractivity contribution is 5.92. The Morgan fingerprint density at radius 3 is 2.58 bits per heavy atom. The van der Waals surface area contributed by atoms with Crippen molar-refractivity contribution in [3.05, 3.63) is 59.4 Å². The Kier molecular flexibility index (Phi) is 5.79. The van der Waals surface area contributed by atoms with Crippen molar-refractivity contribution in [3.63, 3.8) is 0 Å². The van der Waals surface area contributed by atoms with E-state index in [9.17, 15) is 4.39 Å². The molecule has 0 amide bonds. The molecule has 0 spiro atoms. The summed E-state index contributed by atoms with van der Waals surface area (Å²) in [6, 6.07) is 13.2. The lowest BCUT2D eigenvalue weighted by molar-refractivity contribution is 0.624. The quantitative estimate of drug-likeness (QED) is 0.645. The van der Waals surface area contributed by atoms with Gasteiger partial charge in [-0.1, -0.05) is 32.0 Å². The highest BCUT2D eigenvalue weighted by Gasteiger charge is 2.05. The SMILES string of the molecule is CC(C)c1cccc(NC(N)=NCc2ccc(N(C)C)c(F)c2)c1. The van der Waals surface area contributed by atoms with Gasteiger partial charge in [-0.3, -0.25) is 0 Å². The number of rotatable bonds is 5. The van der Waals surface area contributed by atoms with Crippen molar-refractivity contribution in [1.29, 1.82) is 0 Å². The summed E-state index contributed by atoms with van der Waals surface area (Å²) in [4.78, 5) is 6.02. The first-order valence-corrected chi connectivity index (χ1v) is 7.99. The van der Waals surface area contributed by atoms with E-state index in [1.807, 2.05) is 32.3 Å². The monoisotopic (exact) mass is 328 g/mol. The van der Waals surface area contributed by atoms with Crippen LogP contribution in [0.4, 0.5) is 15.8 Å². The number of anilines is 2. The van der Waals surface area contributed by atoms with Gasteiger partial charge < -0.3 is 16.0 Å². The molecule has 0 aliphatic carbocycles. The van der Waals surface area contributed by atoms with Crippen LogP contribution in [0.15, 0.2) is 47.5 Å². The molecule has 0 unspecified atom stereocenters. The highest BCUT2D eigenvalue weighted by atomic mass is 19.1. The third-order valence-electron chi connectivity index (χ3n) is 3.75. The van der Waals surface area contributed by atoms with Crippen LogP contribution >= 0.6 is 0 Å². The molecule has 4 nitrogen and oxygen atoms in total. The van der Waals surface area contributed by atoms with Gasteiger partial charge in [0.25, 0.3) is 0 Å². The maximum absolute atomic E-state index is 14.0. The van der Waals surface area contributed by atoms with Crippen molar-refractivity contribution in [2.45, 2.75) is 26.3 Å². The minimum Gasteiger partial charge on any atom is -0.375 e. The largest absolute Gasteiger partial charge is 0.375 e. The van der Waals surface area contributed by atoms with E-state index in [2.05, 4.69) is 36.3 Å². The molecular weight excluding hydrogens is 303 g/mol. The van der Waals surface area contributed by atoms with Gasteiger partial charge in [-0.15, -0.1) is 0 Å². The third-order valence-corrected chi connectivity index (χ3v) is 3.75. The summed E-state index contributed by atoms with van der Waals surface area (Å²) in [5, 5.41) is 3.08. The molecule has 0 atom stereocenters. The first-order valence-electron chi connectivity index (χ1n) is 7.99. The third kappa shape index (κ3) is 4.72. The standard InChI is InChI=1S/C19H25FN4/c1-13(2)15-6-5-7-16(11-15)23-19(21)22-12-14-8-9-18(24(3)4)17(20)10-14/h5-11,13H,12H2,1-4H3,(H3,21,22,23). The van der Waals surface area contributed by atoms with Crippen LogP contribution in [0.1, 0.15) is 30.9 Å². The zero-order chi connectivity index (χ0) is 17.7. The number of nitrogens with zero attached hydrogens (tertiary/aromatic N) is 2. The zero-order valence-electron chi connectivity index (χ0n) is 14.7. The molecule has 5 heteroatoms. The van der Waals surface area contributed by atoms with Crippen molar-refractivity contribution < 1.29 is 4.39 Å². The van der Waals surface area contributed by atoms with Gasteiger partial charge in [-0.25, -0.2) is 9.38 Å². The molecule has 0 aromatic heterocycles. The van der Waals surface area contributed by atoms with Crippen LogP contribution in [0.5, 0.6) is 0 Å². The molecule has 2 aromatic rings. The van der Waals surface area contributed by atoms with E-state index in [0.29, 0.717) is 24.1 Å². The maximum Gasteiger partial charge on any atom is 0.193 e. The van der Waals surface area contributed by atoms with Crippen LogP contribution in [-0.4, -0.2) is 20.1 Å². The predicted molar refractivity (Wildman–Crippen MR) is 100 cm³/mol. The average Bonchev–Trinajstić information content (AvgIpc) is 2.53. The van der Waals surface area contributed by atoms with Crippen LogP contribution in [0.25, 0.3) is 0 Å². The minimum absolute atomic E-state index is 0.260. The molecule has 0 heterocycles. The lowest BCUT2D eigenvalue weighted by Gasteiger charge is -2.14. The minimum atomic E-state index is -0.260. The van der Waals surface area contributed by atoms with E-state index >= 15 is 0 Å². The van der Waals surface area contributed by atoms with Crippen molar-refractivity contribution in [2.24, 2.45) is 10.7 Å². The predicted octanol–water partition coefficient (Wildman–Crippen LogP) is 3.94. The average molecular weight is 328 g/mol. The molecule has 0 fully saturated rings. The van der Waals surface area contributed by atoms with Gasteiger partial charge in [0.1, 0.15) is 5.82 Å². The van der Waals surface area contributed by atoms with E-state index in [4.69, 9.17) is 5.73 Å². The molecule has 24 heavy (non-hydrogen) atoms. The van der Waals surface area contributed by atoms with Crippen LogP contribution in [0.2, 0.25) is 0 Å². The van der Waals surface area contributed by atoms with Gasteiger partial charge >= 0.3 is 0 Å². The van der Waals surface area contributed by atoms with Crippen molar-refractivity contribution in [2.75, 3.05) is 24.3 Å². The number of benzene rings is 2.